The van der Waals surface area contributed by atoms with Crippen molar-refractivity contribution in [3.8, 4) is 0 Å². The van der Waals surface area contributed by atoms with Gasteiger partial charge in [0.05, 0.1) is 10.6 Å². The molecule has 2 rings (SSSR count). The molecule has 1 saturated carbocycles. The van der Waals surface area contributed by atoms with Crippen molar-refractivity contribution in [3.05, 3.63) is 36.2 Å². The summed E-state index contributed by atoms with van der Waals surface area (Å²) in [6.07, 6.45) is 3.25. The molecular weight excluding hydrogens is 267 g/mol. The van der Waals surface area contributed by atoms with Crippen molar-refractivity contribution in [2.75, 3.05) is 12.3 Å². The van der Waals surface area contributed by atoms with Crippen LogP contribution in [0, 0.1) is 12.7 Å². The number of hydrogen-bond donors (Lipinski definition) is 1. The van der Waals surface area contributed by atoms with E-state index < -0.39 is 15.8 Å². The Morgan fingerprint density at radius 3 is 2.68 bits per heavy atom. The highest BCUT2D eigenvalue weighted by atomic mass is 32.2. The Morgan fingerprint density at radius 1 is 1.53 bits per heavy atom. The highest BCUT2D eigenvalue weighted by Gasteiger charge is 2.38. The molecule has 1 aromatic carbocycles. The van der Waals surface area contributed by atoms with Crippen molar-refractivity contribution in [3.63, 3.8) is 0 Å². The molecule has 2 N–H and O–H groups in total. The first kappa shape index (κ1) is 14.0. The van der Waals surface area contributed by atoms with Crippen molar-refractivity contribution in [2.45, 2.75) is 30.7 Å². The average molecular weight is 284 g/mol. The minimum atomic E-state index is -3.65. The van der Waals surface area contributed by atoms with Crippen LogP contribution in [0.4, 0.5) is 10.1 Å². The average Bonchev–Trinajstić information content (AvgIpc) is 3.14. The van der Waals surface area contributed by atoms with Crippen molar-refractivity contribution in [1.82, 2.24) is 4.31 Å². The number of aryl methyl sites for hydroxylation is 1. The first-order valence-electron chi connectivity index (χ1n) is 6.06. The molecular formula is C13H17FN2O2S. The molecule has 0 unspecified atom stereocenters. The number of nitrogen functional groups attached to an aromatic ring is 1. The first-order valence-corrected chi connectivity index (χ1v) is 7.50. The molecule has 0 saturated heterocycles. The van der Waals surface area contributed by atoms with Crippen LogP contribution >= 0.6 is 0 Å². The number of hydrogen-bond acceptors (Lipinski definition) is 3. The van der Waals surface area contributed by atoms with Gasteiger partial charge in [0.25, 0.3) is 0 Å². The van der Waals surface area contributed by atoms with Gasteiger partial charge < -0.3 is 5.73 Å². The third-order valence-corrected chi connectivity index (χ3v) is 5.20. The predicted molar refractivity (Wildman–Crippen MR) is 72.7 cm³/mol. The van der Waals surface area contributed by atoms with Gasteiger partial charge >= 0.3 is 0 Å². The summed E-state index contributed by atoms with van der Waals surface area (Å²) in [5, 5.41) is 0. The molecule has 0 radical (unpaired) electrons. The minimum absolute atomic E-state index is 0.0219. The second-order valence-corrected chi connectivity index (χ2v) is 6.59. The molecule has 4 nitrogen and oxygen atoms in total. The highest BCUT2D eigenvalue weighted by molar-refractivity contribution is 7.89. The van der Waals surface area contributed by atoms with Crippen LogP contribution in [0.2, 0.25) is 0 Å². The SMILES string of the molecule is C=CCN(C1CC1)S(=O)(=O)c1cc(N)c(F)cc1C. The van der Waals surface area contributed by atoms with E-state index in [0.717, 1.165) is 18.9 Å². The van der Waals surface area contributed by atoms with E-state index >= 15 is 0 Å². The molecule has 0 bridgehead atoms. The summed E-state index contributed by atoms with van der Waals surface area (Å²) in [6, 6.07) is 2.37. The van der Waals surface area contributed by atoms with Gasteiger partial charge in [0.1, 0.15) is 5.82 Å². The standard InChI is InChI=1S/C13H17FN2O2S/c1-3-6-16(10-4-5-10)19(17,18)13-8-12(15)11(14)7-9(13)2/h3,7-8,10H,1,4-6,15H2,2H3. The fraction of sp³-hybridized carbons (Fsp3) is 0.385. The molecule has 0 heterocycles. The monoisotopic (exact) mass is 284 g/mol. The van der Waals surface area contributed by atoms with Crippen LogP contribution in [0.25, 0.3) is 0 Å². The Kier molecular flexibility index (Phi) is 3.64. The van der Waals surface area contributed by atoms with Crippen LogP contribution in [-0.4, -0.2) is 25.3 Å². The zero-order valence-corrected chi connectivity index (χ0v) is 11.6. The van der Waals surface area contributed by atoms with Crippen LogP contribution in [0.15, 0.2) is 29.7 Å². The molecule has 1 aliphatic rings. The molecule has 1 aliphatic carbocycles. The van der Waals surface area contributed by atoms with E-state index in [1.54, 1.807) is 13.0 Å². The van der Waals surface area contributed by atoms with Gasteiger partial charge in [-0.15, -0.1) is 6.58 Å². The van der Waals surface area contributed by atoms with Crippen LogP contribution in [-0.2, 0) is 10.0 Å². The van der Waals surface area contributed by atoms with Crippen molar-refractivity contribution < 1.29 is 12.8 Å². The van der Waals surface area contributed by atoms with Crippen molar-refractivity contribution in [1.29, 1.82) is 0 Å². The summed E-state index contributed by atoms with van der Waals surface area (Å²) in [4.78, 5) is 0.0696. The maximum Gasteiger partial charge on any atom is 0.243 e. The molecule has 19 heavy (non-hydrogen) atoms. The Hall–Kier alpha value is -1.40. The zero-order chi connectivity index (χ0) is 14.2. The summed E-state index contributed by atoms with van der Waals surface area (Å²) < 4.78 is 39.9. The molecule has 6 heteroatoms. The predicted octanol–water partition coefficient (Wildman–Crippen LogP) is 2.06. The normalized spacial score (nSPS) is 15.7. The Morgan fingerprint density at radius 2 is 2.16 bits per heavy atom. The molecule has 0 aromatic heterocycles. The van der Waals surface area contributed by atoms with Crippen molar-refractivity contribution in [2.24, 2.45) is 0 Å². The fourth-order valence-corrected chi connectivity index (χ4v) is 3.91. The maximum atomic E-state index is 13.3. The summed E-state index contributed by atoms with van der Waals surface area (Å²) in [6.45, 7) is 5.40. The van der Waals surface area contributed by atoms with Crippen molar-refractivity contribution >= 4 is 15.7 Å². The molecule has 1 fully saturated rings. The zero-order valence-electron chi connectivity index (χ0n) is 10.8. The lowest BCUT2D eigenvalue weighted by Crippen LogP contribution is -2.33. The number of anilines is 1. The molecule has 0 amide bonds. The van der Waals surface area contributed by atoms with E-state index in [0.29, 0.717) is 5.56 Å². The second kappa shape index (κ2) is 4.94. The first-order chi connectivity index (χ1) is 8.87. The van der Waals surface area contributed by atoms with Gasteiger partial charge in [-0.2, -0.15) is 4.31 Å². The van der Waals surface area contributed by atoms with Crippen LogP contribution in [0.5, 0.6) is 0 Å². The lowest BCUT2D eigenvalue weighted by Gasteiger charge is -2.21. The van der Waals surface area contributed by atoms with Gasteiger partial charge in [-0.05, 0) is 37.5 Å². The summed E-state index contributed by atoms with van der Waals surface area (Å²) >= 11 is 0. The summed E-state index contributed by atoms with van der Waals surface area (Å²) in [7, 11) is -3.65. The van der Waals surface area contributed by atoms with Gasteiger partial charge in [-0.1, -0.05) is 6.08 Å². The van der Waals surface area contributed by atoms with Gasteiger partial charge in [0.15, 0.2) is 0 Å². The van der Waals surface area contributed by atoms with Crippen LogP contribution < -0.4 is 5.73 Å². The van der Waals surface area contributed by atoms with E-state index in [4.69, 9.17) is 5.73 Å². The Labute approximate surface area is 112 Å². The third kappa shape index (κ3) is 2.64. The van der Waals surface area contributed by atoms with Gasteiger partial charge in [0, 0.05) is 12.6 Å². The largest absolute Gasteiger partial charge is 0.396 e. The van der Waals surface area contributed by atoms with E-state index in [1.807, 2.05) is 0 Å². The van der Waals surface area contributed by atoms with E-state index in [-0.39, 0.29) is 23.2 Å². The summed E-state index contributed by atoms with van der Waals surface area (Å²) in [5.41, 5.74) is 5.68. The fourth-order valence-electron chi connectivity index (χ4n) is 2.01. The van der Waals surface area contributed by atoms with E-state index in [2.05, 4.69) is 6.58 Å². The minimum Gasteiger partial charge on any atom is -0.396 e. The van der Waals surface area contributed by atoms with Gasteiger partial charge in [-0.25, -0.2) is 12.8 Å². The number of sulfonamides is 1. The smallest absolute Gasteiger partial charge is 0.243 e. The molecule has 1 aromatic rings. The van der Waals surface area contributed by atoms with Crippen LogP contribution in [0.3, 0.4) is 0 Å². The lowest BCUT2D eigenvalue weighted by atomic mass is 10.2. The van der Waals surface area contributed by atoms with Crippen LogP contribution in [0.1, 0.15) is 18.4 Å². The molecule has 0 aliphatic heterocycles. The Balaban J connectivity index is 2.48. The van der Waals surface area contributed by atoms with Gasteiger partial charge in [0.2, 0.25) is 10.0 Å². The number of halogens is 1. The summed E-state index contributed by atoms with van der Waals surface area (Å²) in [5.74, 6) is -0.599. The van der Waals surface area contributed by atoms with E-state index in [9.17, 15) is 12.8 Å². The lowest BCUT2D eigenvalue weighted by molar-refractivity contribution is 0.435. The highest BCUT2D eigenvalue weighted by Crippen LogP contribution is 2.33. The number of nitrogens with two attached hydrogens (primary N) is 1. The Bertz CT molecular complexity index is 609. The second-order valence-electron chi connectivity index (χ2n) is 4.73. The third-order valence-electron chi connectivity index (χ3n) is 3.14. The number of nitrogens with zero attached hydrogens (tertiary/aromatic N) is 1. The quantitative estimate of drug-likeness (QED) is 0.665. The maximum absolute atomic E-state index is 13.3. The number of rotatable bonds is 5. The van der Waals surface area contributed by atoms with Gasteiger partial charge in [-0.3, -0.25) is 0 Å². The molecule has 0 spiro atoms. The van der Waals surface area contributed by atoms with E-state index in [1.165, 1.54) is 10.4 Å². The molecule has 0 atom stereocenters. The molecule has 104 valence electrons. The topological polar surface area (TPSA) is 63.4 Å². The number of benzene rings is 1.